The molecule has 1 aliphatic carbocycles. The molecule has 0 spiro atoms. The maximum absolute atomic E-state index is 12.8. The molecule has 0 aromatic carbocycles. The van der Waals surface area contributed by atoms with Crippen LogP contribution >= 0.6 is 0 Å². The molecule has 3 heterocycles. The van der Waals surface area contributed by atoms with Crippen molar-refractivity contribution in [1.82, 2.24) is 23.9 Å². The van der Waals surface area contributed by atoms with Crippen molar-refractivity contribution in [3.05, 3.63) is 38.2 Å². The number of rotatable bonds is 2. The van der Waals surface area contributed by atoms with Crippen molar-refractivity contribution in [2.75, 3.05) is 0 Å². The van der Waals surface area contributed by atoms with Gasteiger partial charge in [0.25, 0.3) is 5.56 Å². The van der Waals surface area contributed by atoms with E-state index in [2.05, 4.69) is 33.8 Å². The molecule has 0 bridgehead atoms. The molecule has 0 N–H and O–H groups in total. The minimum atomic E-state index is -0.386. The zero-order chi connectivity index (χ0) is 17.0. The van der Waals surface area contributed by atoms with E-state index in [4.69, 9.17) is 0 Å². The lowest BCUT2D eigenvalue weighted by molar-refractivity contribution is 0.681. The summed E-state index contributed by atoms with van der Waals surface area (Å²) < 4.78 is 4.67. The van der Waals surface area contributed by atoms with Crippen LogP contribution in [-0.4, -0.2) is 23.9 Å². The van der Waals surface area contributed by atoms with E-state index >= 15 is 0 Å². The van der Waals surface area contributed by atoms with E-state index in [1.54, 1.807) is 7.05 Å². The van der Waals surface area contributed by atoms with Gasteiger partial charge in [-0.2, -0.15) is 0 Å². The number of allylic oxidation sites excluding steroid dienone is 1. The van der Waals surface area contributed by atoms with E-state index in [0.717, 1.165) is 52.7 Å². The van der Waals surface area contributed by atoms with Crippen LogP contribution in [0.4, 0.5) is 0 Å². The van der Waals surface area contributed by atoms with Gasteiger partial charge in [0.2, 0.25) is 0 Å². The van der Waals surface area contributed by atoms with Gasteiger partial charge in [-0.05, 0) is 30.9 Å². The molecule has 3 aromatic rings. The van der Waals surface area contributed by atoms with Crippen molar-refractivity contribution in [3.63, 3.8) is 0 Å². The third kappa shape index (κ3) is 1.78. The van der Waals surface area contributed by atoms with Gasteiger partial charge >= 0.3 is 5.69 Å². The number of fused-ring (bicyclic) bond motifs is 5. The lowest BCUT2D eigenvalue weighted by Gasteiger charge is -2.09. The Hall–Kier alpha value is -2.70. The highest BCUT2D eigenvalue weighted by Crippen LogP contribution is 2.32. The van der Waals surface area contributed by atoms with Gasteiger partial charge in [-0.1, -0.05) is 13.0 Å². The Labute approximate surface area is 137 Å². The summed E-state index contributed by atoms with van der Waals surface area (Å²) in [6.45, 7) is 2.93. The summed E-state index contributed by atoms with van der Waals surface area (Å²) in [5.41, 5.74) is 2.63. The number of aryl methyl sites for hydroxylation is 3. The molecular weight excluding hydrogens is 306 g/mol. The van der Waals surface area contributed by atoms with Gasteiger partial charge in [0.15, 0.2) is 11.3 Å². The Morgan fingerprint density at radius 1 is 1.08 bits per heavy atom. The minimum absolute atomic E-state index is 0.306. The zero-order valence-electron chi connectivity index (χ0n) is 14.0. The van der Waals surface area contributed by atoms with E-state index in [1.807, 2.05) is 0 Å². The maximum Gasteiger partial charge on any atom is 0.332 e. The largest absolute Gasteiger partial charge is 0.332 e. The van der Waals surface area contributed by atoms with Crippen LogP contribution < -0.4 is 11.2 Å². The first-order valence-corrected chi connectivity index (χ1v) is 8.20. The van der Waals surface area contributed by atoms with Gasteiger partial charge in [-0.15, -0.1) is 10.2 Å². The van der Waals surface area contributed by atoms with Crippen LogP contribution in [0.5, 0.6) is 0 Å². The second kappa shape index (κ2) is 5.15. The maximum atomic E-state index is 12.8. The highest BCUT2D eigenvalue weighted by Gasteiger charge is 2.23. The van der Waals surface area contributed by atoms with Crippen molar-refractivity contribution in [2.45, 2.75) is 32.7 Å². The summed E-state index contributed by atoms with van der Waals surface area (Å²) in [6, 6.07) is 0. The van der Waals surface area contributed by atoms with Crippen molar-refractivity contribution >= 4 is 28.1 Å². The quantitative estimate of drug-likeness (QED) is 0.713. The molecule has 0 unspecified atom stereocenters. The molecule has 0 fully saturated rings. The van der Waals surface area contributed by atoms with Gasteiger partial charge in [0.1, 0.15) is 0 Å². The van der Waals surface area contributed by atoms with Crippen LogP contribution in [0.3, 0.4) is 0 Å². The second-order valence-electron chi connectivity index (χ2n) is 6.26. The van der Waals surface area contributed by atoms with Gasteiger partial charge < -0.3 is 4.57 Å². The predicted octanol–water partition coefficient (Wildman–Crippen LogP) is 1.35. The molecule has 4 rings (SSSR count). The molecule has 24 heavy (non-hydrogen) atoms. The molecule has 0 radical (unpaired) electrons. The molecule has 0 saturated heterocycles. The Bertz CT molecular complexity index is 1130. The first-order chi connectivity index (χ1) is 11.6. The van der Waals surface area contributed by atoms with Crippen molar-refractivity contribution in [3.8, 4) is 0 Å². The fourth-order valence-electron chi connectivity index (χ4n) is 3.62. The lowest BCUT2D eigenvalue weighted by Crippen LogP contribution is -2.37. The molecule has 7 nitrogen and oxygen atoms in total. The molecule has 7 heteroatoms. The molecule has 0 aliphatic heterocycles. The highest BCUT2D eigenvalue weighted by atomic mass is 16.2. The van der Waals surface area contributed by atoms with E-state index in [1.165, 1.54) is 11.6 Å². The normalized spacial score (nSPS) is 13.8. The summed E-state index contributed by atoms with van der Waals surface area (Å²) in [5, 5.41) is 9.93. The summed E-state index contributed by atoms with van der Waals surface area (Å²) in [5.74, 6) is 0. The highest BCUT2D eigenvalue weighted by molar-refractivity contribution is 6.05. The lowest BCUT2D eigenvalue weighted by atomic mass is 10.0. The summed E-state index contributed by atoms with van der Waals surface area (Å²) >= 11 is 0. The van der Waals surface area contributed by atoms with Crippen LogP contribution in [-0.2, 0) is 27.1 Å². The molecule has 1 aliphatic rings. The summed E-state index contributed by atoms with van der Waals surface area (Å²) in [6.07, 6.45) is 7.03. The number of nitrogens with zero attached hydrogens (tertiary/aromatic N) is 5. The molecule has 0 amide bonds. The third-order valence-electron chi connectivity index (χ3n) is 4.79. The monoisotopic (exact) mass is 325 g/mol. The minimum Gasteiger partial charge on any atom is -0.324 e. The van der Waals surface area contributed by atoms with E-state index in [-0.39, 0.29) is 11.2 Å². The van der Waals surface area contributed by atoms with Gasteiger partial charge in [0.05, 0.1) is 5.39 Å². The van der Waals surface area contributed by atoms with Gasteiger partial charge in [-0.25, -0.2) is 4.79 Å². The number of aromatic nitrogens is 5. The smallest absolute Gasteiger partial charge is 0.324 e. The van der Waals surface area contributed by atoms with Crippen LogP contribution in [0.15, 0.2) is 15.7 Å². The zero-order valence-corrected chi connectivity index (χ0v) is 14.0. The van der Waals surface area contributed by atoms with Crippen LogP contribution in [0.2, 0.25) is 0 Å². The Kier molecular flexibility index (Phi) is 3.19. The Morgan fingerprint density at radius 3 is 2.58 bits per heavy atom. The van der Waals surface area contributed by atoms with Crippen LogP contribution in [0.1, 0.15) is 31.0 Å². The predicted molar refractivity (Wildman–Crippen MR) is 93.2 cm³/mol. The second-order valence-corrected chi connectivity index (χ2v) is 6.26. The van der Waals surface area contributed by atoms with Crippen molar-refractivity contribution in [1.29, 1.82) is 0 Å². The van der Waals surface area contributed by atoms with Gasteiger partial charge in [0, 0.05) is 31.7 Å². The van der Waals surface area contributed by atoms with Crippen LogP contribution in [0.25, 0.3) is 28.1 Å². The van der Waals surface area contributed by atoms with Crippen LogP contribution in [0, 0.1) is 0 Å². The first kappa shape index (κ1) is 14.9. The Morgan fingerprint density at radius 2 is 1.83 bits per heavy atom. The van der Waals surface area contributed by atoms with E-state index in [9.17, 15) is 9.59 Å². The average Bonchev–Trinajstić information content (AvgIpc) is 2.92. The van der Waals surface area contributed by atoms with E-state index < -0.39 is 0 Å². The van der Waals surface area contributed by atoms with E-state index in [0.29, 0.717) is 11.0 Å². The first-order valence-electron chi connectivity index (χ1n) is 8.20. The fraction of sp³-hybridized carbons (Fsp3) is 0.412. The molecule has 3 aromatic heterocycles. The fourth-order valence-corrected chi connectivity index (χ4v) is 3.62. The van der Waals surface area contributed by atoms with Crippen molar-refractivity contribution < 1.29 is 0 Å². The third-order valence-corrected chi connectivity index (χ3v) is 4.79. The average molecular weight is 325 g/mol. The topological polar surface area (TPSA) is 74.7 Å². The summed E-state index contributed by atoms with van der Waals surface area (Å²) in [7, 11) is 3.13. The number of hydrogen-bond acceptors (Lipinski definition) is 4. The molecular formula is C17H19N5O2. The molecule has 0 saturated carbocycles. The Balaban J connectivity index is 2.30. The standard InChI is InChI=1S/C17H19N5O2/c1-4-9-22-11-8-6-5-7-10(11)12-13-14(18-19-15(12)22)20(2)17(24)21(3)16(13)23/h6,8H,4-5,7,9H2,1-3H3. The molecule has 0 atom stereocenters. The number of hydrogen-bond donors (Lipinski definition) is 0. The van der Waals surface area contributed by atoms with Gasteiger partial charge in [-0.3, -0.25) is 13.9 Å². The SMILES string of the molecule is CCCn1c2c(c3c4c(=O)n(C)c(=O)n(C)c4nnc31)CCC=C2. The summed E-state index contributed by atoms with van der Waals surface area (Å²) in [4.78, 5) is 25.0. The molecule has 124 valence electrons. The van der Waals surface area contributed by atoms with Crippen molar-refractivity contribution in [2.24, 2.45) is 14.1 Å².